The molecule has 15 heavy (non-hydrogen) atoms. The molecule has 1 aliphatic heterocycles. The lowest BCUT2D eigenvalue weighted by molar-refractivity contribution is 0.00593. The van der Waals surface area contributed by atoms with E-state index in [0.717, 1.165) is 6.61 Å². The summed E-state index contributed by atoms with van der Waals surface area (Å²) in [6.45, 7) is 3.12. The molecule has 0 bridgehead atoms. The van der Waals surface area contributed by atoms with E-state index in [9.17, 15) is 0 Å². The second-order valence-electron chi connectivity index (χ2n) is 4.79. The van der Waals surface area contributed by atoms with Crippen LogP contribution in [-0.4, -0.2) is 19.7 Å². The smallest absolute Gasteiger partial charge is 0.107 e. The van der Waals surface area contributed by atoms with Gasteiger partial charge in [0.05, 0.1) is 6.61 Å². The fourth-order valence-corrected chi connectivity index (χ4v) is 3.64. The number of rotatable bonds is 2. The summed E-state index contributed by atoms with van der Waals surface area (Å²) in [5.74, 6) is 0. The van der Waals surface area contributed by atoms with Gasteiger partial charge in [-0.05, 0) is 43.8 Å². The molecule has 3 heteroatoms. The van der Waals surface area contributed by atoms with Gasteiger partial charge in [-0.3, -0.25) is 0 Å². The van der Waals surface area contributed by atoms with Gasteiger partial charge < -0.3 is 10.1 Å². The van der Waals surface area contributed by atoms with Gasteiger partial charge in [0.25, 0.3) is 0 Å². The Bertz CT molecular complexity index is 369. The van der Waals surface area contributed by atoms with Gasteiger partial charge >= 0.3 is 0 Å². The molecule has 82 valence electrons. The highest BCUT2D eigenvalue weighted by Gasteiger charge is 2.50. The van der Waals surface area contributed by atoms with Gasteiger partial charge in [-0.15, -0.1) is 11.3 Å². The first-order valence-electron chi connectivity index (χ1n) is 5.63. The van der Waals surface area contributed by atoms with E-state index >= 15 is 0 Å². The van der Waals surface area contributed by atoms with Crippen molar-refractivity contribution in [2.45, 2.75) is 37.3 Å². The van der Waals surface area contributed by atoms with Crippen molar-refractivity contribution in [3.05, 3.63) is 21.9 Å². The van der Waals surface area contributed by atoms with Crippen molar-refractivity contribution in [2.24, 2.45) is 0 Å². The van der Waals surface area contributed by atoms with E-state index < -0.39 is 0 Å². The largest absolute Gasteiger partial charge is 0.370 e. The number of likely N-dealkylation sites (N-methyl/N-ethyl adjacent to an activating group) is 1. The molecular weight excluding hydrogens is 206 g/mol. The molecule has 3 rings (SSSR count). The van der Waals surface area contributed by atoms with Crippen molar-refractivity contribution in [3.8, 4) is 0 Å². The molecule has 0 saturated heterocycles. The van der Waals surface area contributed by atoms with Crippen LogP contribution in [0.2, 0.25) is 0 Å². The van der Waals surface area contributed by atoms with E-state index in [1.54, 1.807) is 5.56 Å². The second kappa shape index (κ2) is 3.30. The van der Waals surface area contributed by atoms with E-state index in [4.69, 9.17) is 4.74 Å². The fraction of sp³-hybridized carbons (Fsp3) is 0.667. The molecule has 0 aromatic carbocycles. The predicted octanol–water partition coefficient (Wildman–Crippen LogP) is 2.46. The lowest BCUT2D eigenvalue weighted by Crippen LogP contribution is -2.36. The molecule has 1 saturated carbocycles. The first kappa shape index (κ1) is 9.82. The van der Waals surface area contributed by atoms with Crippen molar-refractivity contribution in [1.29, 1.82) is 0 Å². The van der Waals surface area contributed by atoms with Crippen LogP contribution in [0, 0.1) is 0 Å². The Labute approximate surface area is 94.6 Å². The molecule has 1 aliphatic carbocycles. The van der Waals surface area contributed by atoms with Crippen LogP contribution in [0.15, 0.2) is 11.4 Å². The minimum atomic E-state index is 0.260. The Hall–Kier alpha value is -0.380. The molecule has 1 fully saturated rings. The second-order valence-corrected chi connectivity index (χ2v) is 5.74. The molecule has 1 aromatic heterocycles. The SMILES string of the molecule is CN[C@@H](C)[C@@H]1OCC2(CC2)c2ccsc21. The maximum atomic E-state index is 6.04. The van der Waals surface area contributed by atoms with Gasteiger partial charge in [0, 0.05) is 16.3 Å². The normalized spacial score (nSPS) is 28.8. The number of thiophene rings is 1. The summed E-state index contributed by atoms with van der Waals surface area (Å²) < 4.78 is 6.04. The Balaban J connectivity index is 1.97. The Morgan fingerprint density at radius 3 is 3.07 bits per heavy atom. The van der Waals surface area contributed by atoms with Crippen molar-refractivity contribution in [3.63, 3.8) is 0 Å². The van der Waals surface area contributed by atoms with Crippen molar-refractivity contribution >= 4 is 11.3 Å². The summed E-state index contributed by atoms with van der Waals surface area (Å²) in [6.07, 6.45) is 2.89. The summed E-state index contributed by atoms with van der Waals surface area (Å²) in [7, 11) is 2.00. The van der Waals surface area contributed by atoms with E-state index in [-0.39, 0.29) is 6.10 Å². The zero-order valence-electron chi connectivity index (χ0n) is 9.25. The number of ether oxygens (including phenoxy) is 1. The van der Waals surface area contributed by atoms with Crippen LogP contribution < -0.4 is 5.32 Å². The van der Waals surface area contributed by atoms with Crippen molar-refractivity contribution < 1.29 is 4.74 Å². The highest BCUT2D eigenvalue weighted by Crippen LogP contribution is 2.55. The zero-order valence-corrected chi connectivity index (χ0v) is 10.1. The quantitative estimate of drug-likeness (QED) is 0.831. The molecule has 0 unspecified atom stereocenters. The van der Waals surface area contributed by atoms with Crippen LogP contribution in [0.3, 0.4) is 0 Å². The van der Waals surface area contributed by atoms with Gasteiger partial charge in [0.1, 0.15) is 6.10 Å². The number of hydrogen-bond donors (Lipinski definition) is 1. The minimum absolute atomic E-state index is 0.260. The van der Waals surface area contributed by atoms with E-state index in [2.05, 4.69) is 23.7 Å². The molecule has 2 nitrogen and oxygen atoms in total. The van der Waals surface area contributed by atoms with Crippen LogP contribution in [-0.2, 0) is 10.2 Å². The Kier molecular flexibility index (Phi) is 2.16. The van der Waals surface area contributed by atoms with Crippen LogP contribution in [0.4, 0.5) is 0 Å². The number of nitrogens with one attached hydrogen (secondary N) is 1. The van der Waals surface area contributed by atoms with Gasteiger partial charge in [0.15, 0.2) is 0 Å². The molecule has 2 aliphatic rings. The highest BCUT2D eigenvalue weighted by atomic mass is 32.1. The van der Waals surface area contributed by atoms with Crippen LogP contribution in [0.1, 0.15) is 36.3 Å². The first-order valence-corrected chi connectivity index (χ1v) is 6.51. The zero-order chi connectivity index (χ0) is 10.5. The van der Waals surface area contributed by atoms with E-state index in [1.165, 1.54) is 17.7 Å². The van der Waals surface area contributed by atoms with Crippen molar-refractivity contribution in [2.75, 3.05) is 13.7 Å². The minimum Gasteiger partial charge on any atom is -0.370 e. The van der Waals surface area contributed by atoms with Crippen LogP contribution in [0.25, 0.3) is 0 Å². The van der Waals surface area contributed by atoms with Gasteiger partial charge in [-0.1, -0.05) is 0 Å². The van der Waals surface area contributed by atoms with E-state index in [0.29, 0.717) is 11.5 Å². The van der Waals surface area contributed by atoms with Crippen LogP contribution in [0.5, 0.6) is 0 Å². The lowest BCUT2D eigenvalue weighted by Gasteiger charge is -2.32. The maximum absolute atomic E-state index is 6.04. The highest BCUT2D eigenvalue weighted by molar-refractivity contribution is 7.10. The van der Waals surface area contributed by atoms with Gasteiger partial charge in [-0.25, -0.2) is 0 Å². The molecule has 2 heterocycles. The molecule has 1 spiro atoms. The first-order chi connectivity index (χ1) is 7.27. The summed E-state index contributed by atoms with van der Waals surface area (Å²) in [4.78, 5) is 1.46. The summed E-state index contributed by atoms with van der Waals surface area (Å²) in [6, 6.07) is 2.71. The molecule has 1 aromatic rings. The standard InChI is InChI=1S/C12H17NOS/c1-8(13-2)10-11-9(3-6-15-11)12(4-5-12)7-14-10/h3,6,8,10,13H,4-5,7H2,1-2H3/t8-,10-/m0/s1. The maximum Gasteiger partial charge on any atom is 0.107 e. The van der Waals surface area contributed by atoms with Gasteiger partial charge in [0.2, 0.25) is 0 Å². The third-order valence-corrected chi connectivity index (χ3v) is 4.81. The molecule has 0 amide bonds. The topological polar surface area (TPSA) is 21.3 Å². The van der Waals surface area contributed by atoms with Crippen molar-refractivity contribution in [1.82, 2.24) is 5.32 Å². The molecule has 2 atom stereocenters. The summed E-state index contributed by atoms with van der Waals surface area (Å²) >= 11 is 1.85. The lowest BCUT2D eigenvalue weighted by atomic mass is 9.91. The van der Waals surface area contributed by atoms with Gasteiger partial charge in [-0.2, -0.15) is 0 Å². The monoisotopic (exact) mass is 223 g/mol. The third kappa shape index (κ3) is 1.37. The average molecular weight is 223 g/mol. The average Bonchev–Trinajstić information content (AvgIpc) is 2.85. The molecular formula is C12H17NOS. The number of hydrogen-bond acceptors (Lipinski definition) is 3. The molecule has 1 N–H and O–H groups in total. The summed E-state index contributed by atoms with van der Waals surface area (Å²) in [5.41, 5.74) is 1.99. The third-order valence-electron chi connectivity index (χ3n) is 3.83. The van der Waals surface area contributed by atoms with E-state index in [1.807, 2.05) is 18.4 Å². The Morgan fingerprint density at radius 1 is 1.60 bits per heavy atom. The Morgan fingerprint density at radius 2 is 2.40 bits per heavy atom. The fourth-order valence-electron chi connectivity index (χ4n) is 2.47. The summed E-state index contributed by atoms with van der Waals surface area (Å²) in [5, 5.41) is 5.51. The number of fused-ring (bicyclic) bond motifs is 2. The molecule has 0 radical (unpaired) electrons. The van der Waals surface area contributed by atoms with Crippen LogP contribution >= 0.6 is 11.3 Å². The predicted molar refractivity (Wildman–Crippen MR) is 62.4 cm³/mol.